The molecular weight excluding hydrogens is 130 g/mol. The van der Waals surface area contributed by atoms with E-state index in [0.717, 1.165) is 11.3 Å². The van der Waals surface area contributed by atoms with E-state index >= 15 is 0 Å². The van der Waals surface area contributed by atoms with Gasteiger partial charge in [-0.25, -0.2) is 0 Å². The van der Waals surface area contributed by atoms with E-state index < -0.39 is 0 Å². The SMILES string of the molecule is C=C(C)C1=NO[C@@H](CO)C1. The summed E-state index contributed by atoms with van der Waals surface area (Å²) in [7, 11) is 0. The molecule has 3 nitrogen and oxygen atoms in total. The Labute approximate surface area is 60.0 Å². The molecule has 1 atom stereocenters. The monoisotopic (exact) mass is 141 g/mol. The van der Waals surface area contributed by atoms with Crippen LogP contribution in [-0.4, -0.2) is 23.5 Å². The fraction of sp³-hybridized carbons (Fsp3) is 0.571. The molecule has 1 aliphatic heterocycles. The molecule has 0 spiro atoms. The van der Waals surface area contributed by atoms with Crippen molar-refractivity contribution < 1.29 is 9.94 Å². The molecule has 1 rings (SSSR count). The van der Waals surface area contributed by atoms with Gasteiger partial charge in [0.1, 0.15) is 0 Å². The lowest BCUT2D eigenvalue weighted by Gasteiger charge is -2.00. The molecule has 1 aliphatic rings. The van der Waals surface area contributed by atoms with Crippen LogP contribution in [0.3, 0.4) is 0 Å². The lowest BCUT2D eigenvalue weighted by Crippen LogP contribution is -2.12. The minimum absolute atomic E-state index is 0.0281. The van der Waals surface area contributed by atoms with Gasteiger partial charge in [0.05, 0.1) is 12.3 Å². The number of hydrogen-bond acceptors (Lipinski definition) is 3. The van der Waals surface area contributed by atoms with Gasteiger partial charge in [-0.15, -0.1) is 0 Å². The highest BCUT2D eigenvalue weighted by Crippen LogP contribution is 2.13. The van der Waals surface area contributed by atoms with Crippen molar-refractivity contribution >= 4 is 5.71 Å². The minimum atomic E-state index is -0.147. The Kier molecular flexibility index (Phi) is 2.06. The van der Waals surface area contributed by atoms with Crippen LogP contribution in [0.1, 0.15) is 13.3 Å². The smallest absolute Gasteiger partial charge is 0.156 e. The minimum Gasteiger partial charge on any atom is -0.392 e. The molecule has 56 valence electrons. The molecule has 0 fully saturated rings. The Morgan fingerprint density at radius 3 is 3.00 bits per heavy atom. The summed E-state index contributed by atoms with van der Waals surface area (Å²) in [6.45, 7) is 5.62. The van der Waals surface area contributed by atoms with Crippen molar-refractivity contribution in [1.82, 2.24) is 0 Å². The highest BCUT2D eigenvalue weighted by molar-refractivity contribution is 5.99. The van der Waals surface area contributed by atoms with Crippen LogP contribution in [0.25, 0.3) is 0 Å². The summed E-state index contributed by atoms with van der Waals surface area (Å²) in [5.41, 5.74) is 1.77. The van der Waals surface area contributed by atoms with Gasteiger partial charge in [0.15, 0.2) is 6.10 Å². The Hall–Kier alpha value is -0.830. The molecule has 0 aromatic carbocycles. The van der Waals surface area contributed by atoms with Crippen molar-refractivity contribution in [2.45, 2.75) is 19.4 Å². The van der Waals surface area contributed by atoms with E-state index in [-0.39, 0.29) is 12.7 Å². The molecule has 0 aromatic heterocycles. The Balaban J connectivity index is 2.47. The van der Waals surface area contributed by atoms with E-state index in [1.807, 2.05) is 6.92 Å². The van der Waals surface area contributed by atoms with Gasteiger partial charge in [0.2, 0.25) is 0 Å². The summed E-state index contributed by atoms with van der Waals surface area (Å²) in [6, 6.07) is 0. The number of aliphatic hydroxyl groups excluding tert-OH is 1. The van der Waals surface area contributed by atoms with Crippen LogP contribution < -0.4 is 0 Å². The van der Waals surface area contributed by atoms with E-state index in [1.54, 1.807) is 0 Å². The van der Waals surface area contributed by atoms with Crippen molar-refractivity contribution in [2.75, 3.05) is 6.61 Å². The maximum atomic E-state index is 8.64. The largest absolute Gasteiger partial charge is 0.392 e. The van der Waals surface area contributed by atoms with Crippen molar-refractivity contribution in [2.24, 2.45) is 5.16 Å². The summed E-state index contributed by atoms with van der Waals surface area (Å²) in [5, 5.41) is 12.4. The average Bonchev–Trinajstić information content (AvgIpc) is 2.34. The molecule has 10 heavy (non-hydrogen) atoms. The van der Waals surface area contributed by atoms with Crippen LogP contribution in [0, 0.1) is 0 Å². The first-order chi connectivity index (χ1) is 4.74. The number of rotatable bonds is 2. The summed E-state index contributed by atoms with van der Waals surface area (Å²) < 4.78 is 0. The van der Waals surface area contributed by atoms with Gasteiger partial charge in [-0.3, -0.25) is 0 Å². The molecule has 0 unspecified atom stereocenters. The van der Waals surface area contributed by atoms with Gasteiger partial charge in [-0.1, -0.05) is 11.7 Å². The lowest BCUT2D eigenvalue weighted by molar-refractivity contribution is 0.0390. The standard InChI is InChI=1S/C7H11NO2/c1-5(2)7-3-6(4-9)10-8-7/h6,9H,1,3-4H2,2H3/t6-/m1/s1. The highest BCUT2D eigenvalue weighted by Gasteiger charge is 2.19. The van der Waals surface area contributed by atoms with E-state index in [0.29, 0.717) is 6.42 Å². The van der Waals surface area contributed by atoms with Gasteiger partial charge in [-0.2, -0.15) is 0 Å². The van der Waals surface area contributed by atoms with Gasteiger partial charge in [0, 0.05) is 6.42 Å². The number of aliphatic hydroxyl groups is 1. The Morgan fingerprint density at radius 1 is 2.00 bits per heavy atom. The fourth-order valence-electron chi connectivity index (χ4n) is 0.778. The van der Waals surface area contributed by atoms with Crippen molar-refractivity contribution in [3.05, 3.63) is 12.2 Å². The molecule has 0 aromatic rings. The van der Waals surface area contributed by atoms with E-state index in [1.165, 1.54) is 0 Å². The number of nitrogens with zero attached hydrogens (tertiary/aromatic N) is 1. The van der Waals surface area contributed by atoms with Gasteiger partial charge in [-0.05, 0) is 12.5 Å². The van der Waals surface area contributed by atoms with Crippen molar-refractivity contribution in [1.29, 1.82) is 0 Å². The maximum absolute atomic E-state index is 8.64. The molecular formula is C7H11NO2. The predicted octanol–water partition coefficient (Wildman–Crippen LogP) is 0.700. The number of hydrogen-bond donors (Lipinski definition) is 1. The molecule has 1 N–H and O–H groups in total. The summed E-state index contributed by atoms with van der Waals surface area (Å²) >= 11 is 0. The van der Waals surface area contributed by atoms with Crippen LogP contribution in [-0.2, 0) is 4.84 Å². The first-order valence-electron chi connectivity index (χ1n) is 3.23. The molecule has 0 bridgehead atoms. The van der Waals surface area contributed by atoms with E-state index in [9.17, 15) is 0 Å². The number of oxime groups is 1. The van der Waals surface area contributed by atoms with Crippen molar-refractivity contribution in [3.8, 4) is 0 Å². The van der Waals surface area contributed by atoms with Crippen LogP contribution in [0.2, 0.25) is 0 Å². The zero-order chi connectivity index (χ0) is 7.56. The third-order valence-electron chi connectivity index (χ3n) is 1.43. The first kappa shape index (κ1) is 7.28. The second-order valence-corrected chi connectivity index (χ2v) is 2.43. The summed E-state index contributed by atoms with van der Waals surface area (Å²) in [6.07, 6.45) is 0.540. The van der Waals surface area contributed by atoms with E-state index in [2.05, 4.69) is 11.7 Å². The third-order valence-corrected chi connectivity index (χ3v) is 1.43. The zero-order valence-electron chi connectivity index (χ0n) is 6.00. The molecule has 1 heterocycles. The number of allylic oxidation sites excluding steroid dienone is 1. The maximum Gasteiger partial charge on any atom is 0.156 e. The Bertz CT molecular complexity index is 174. The molecule has 0 radical (unpaired) electrons. The topological polar surface area (TPSA) is 41.8 Å². The Morgan fingerprint density at radius 2 is 2.70 bits per heavy atom. The van der Waals surface area contributed by atoms with Crippen LogP contribution in [0.4, 0.5) is 0 Å². The van der Waals surface area contributed by atoms with Crippen LogP contribution in [0.15, 0.2) is 17.3 Å². The molecule has 0 amide bonds. The molecule has 0 saturated carbocycles. The molecule has 0 saturated heterocycles. The second kappa shape index (κ2) is 2.84. The van der Waals surface area contributed by atoms with Crippen molar-refractivity contribution in [3.63, 3.8) is 0 Å². The van der Waals surface area contributed by atoms with Crippen LogP contribution >= 0.6 is 0 Å². The van der Waals surface area contributed by atoms with Crippen LogP contribution in [0.5, 0.6) is 0 Å². The zero-order valence-corrected chi connectivity index (χ0v) is 6.00. The first-order valence-corrected chi connectivity index (χ1v) is 3.23. The summed E-state index contributed by atoms with van der Waals surface area (Å²) in [4.78, 5) is 4.85. The quantitative estimate of drug-likeness (QED) is 0.615. The highest BCUT2D eigenvalue weighted by atomic mass is 16.6. The normalized spacial score (nSPS) is 23.8. The predicted molar refractivity (Wildman–Crippen MR) is 38.8 cm³/mol. The summed E-state index contributed by atoms with van der Waals surface area (Å²) in [5.74, 6) is 0. The molecule has 0 aliphatic carbocycles. The van der Waals surface area contributed by atoms with Gasteiger partial charge in [0.25, 0.3) is 0 Å². The third kappa shape index (κ3) is 1.36. The fourth-order valence-corrected chi connectivity index (χ4v) is 0.778. The average molecular weight is 141 g/mol. The van der Waals surface area contributed by atoms with Gasteiger partial charge < -0.3 is 9.94 Å². The molecule has 3 heteroatoms. The van der Waals surface area contributed by atoms with E-state index in [4.69, 9.17) is 9.94 Å². The lowest BCUT2D eigenvalue weighted by atomic mass is 10.1. The van der Waals surface area contributed by atoms with Gasteiger partial charge >= 0.3 is 0 Å². The second-order valence-electron chi connectivity index (χ2n) is 2.43.